The smallest absolute Gasteiger partial charge is 0.233 e. The molecule has 0 aromatic rings. The summed E-state index contributed by atoms with van der Waals surface area (Å²) >= 11 is 0. The Labute approximate surface area is 151 Å². The Kier molecular flexibility index (Phi) is 7.75. The van der Waals surface area contributed by atoms with Gasteiger partial charge >= 0.3 is 0 Å². The van der Waals surface area contributed by atoms with Gasteiger partial charge in [-0.25, -0.2) is 0 Å². The van der Waals surface area contributed by atoms with Gasteiger partial charge in [0.05, 0.1) is 38.9 Å². The number of hydrogen-bond acceptors (Lipinski definition) is 5. The molecule has 0 radical (unpaired) electrons. The number of ketones is 1. The summed E-state index contributed by atoms with van der Waals surface area (Å²) in [5.74, 6) is -0.292. The molecule has 1 heterocycles. The van der Waals surface area contributed by atoms with Crippen LogP contribution in [0, 0.1) is 16.7 Å². The molecule has 0 aromatic carbocycles. The molecule has 1 aliphatic rings. The highest BCUT2D eigenvalue weighted by molar-refractivity contribution is 6.03. The zero-order valence-corrected chi connectivity index (χ0v) is 16.5. The molecule has 1 aliphatic heterocycles. The van der Waals surface area contributed by atoms with Crippen LogP contribution in [0.2, 0.25) is 0 Å². The molecule has 1 rings (SSSR count). The van der Waals surface area contributed by atoms with E-state index >= 15 is 0 Å². The summed E-state index contributed by atoms with van der Waals surface area (Å²) in [5, 5.41) is 0. The average molecular weight is 355 g/mol. The molecule has 1 saturated heterocycles. The lowest BCUT2D eigenvalue weighted by Crippen LogP contribution is -2.36. The number of ether oxygens (including phenoxy) is 2. The summed E-state index contributed by atoms with van der Waals surface area (Å²) in [7, 11) is 0. The van der Waals surface area contributed by atoms with Gasteiger partial charge in [-0.05, 0) is 5.41 Å². The lowest BCUT2D eigenvalue weighted by molar-refractivity contribution is -0.141. The average Bonchev–Trinajstić information content (AvgIpc) is 2.76. The van der Waals surface area contributed by atoms with Crippen LogP contribution < -0.4 is 0 Å². The summed E-state index contributed by atoms with van der Waals surface area (Å²) in [5.41, 5.74) is -0.541. The first-order valence-corrected chi connectivity index (χ1v) is 8.97. The second kappa shape index (κ2) is 8.90. The van der Waals surface area contributed by atoms with Crippen LogP contribution in [0.25, 0.3) is 0 Å². The van der Waals surface area contributed by atoms with Gasteiger partial charge in [-0.1, -0.05) is 41.5 Å². The zero-order chi connectivity index (χ0) is 19.3. The van der Waals surface area contributed by atoms with E-state index in [2.05, 4.69) is 0 Å². The molecule has 25 heavy (non-hydrogen) atoms. The number of nitrogens with zero attached hydrogens (tertiary/aromatic N) is 1. The van der Waals surface area contributed by atoms with Gasteiger partial charge in [0.2, 0.25) is 11.8 Å². The van der Waals surface area contributed by atoms with Crippen LogP contribution >= 0.6 is 0 Å². The first kappa shape index (κ1) is 21.8. The minimum atomic E-state index is -0.334. The van der Waals surface area contributed by atoms with E-state index in [9.17, 15) is 14.4 Å². The van der Waals surface area contributed by atoms with Crippen LogP contribution in [0.3, 0.4) is 0 Å². The Bertz CT molecular complexity index is 487. The summed E-state index contributed by atoms with van der Waals surface area (Å²) in [4.78, 5) is 37.3. The second-order valence-electron chi connectivity index (χ2n) is 8.65. The Morgan fingerprint density at radius 3 is 2.04 bits per heavy atom. The summed E-state index contributed by atoms with van der Waals surface area (Å²) in [6.45, 7) is 13.4. The first-order chi connectivity index (χ1) is 11.4. The summed E-state index contributed by atoms with van der Waals surface area (Å²) < 4.78 is 10.8. The van der Waals surface area contributed by atoms with Gasteiger partial charge in [0.15, 0.2) is 0 Å². The van der Waals surface area contributed by atoms with Gasteiger partial charge in [-0.2, -0.15) is 0 Å². The third-order valence-corrected chi connectivity index (χ3v) is 4.43. The maximum atomic E-state index is 12.3. The van der Waals surface area contributed by atoms with E-state index in [1.54, 1.807) is 0 Å². The first-order valence-electron chi connectivity index (χ1n) is 8.97. The van der Waals surface area contributed by atoms with E-state index in [-0.39, 0.29) is 47.3 Å². The molecule has 0 aliphatic carbocycles. The molecule has 0 bridgehead atoms. The van der Waals surface area contributed by atoms with E-state index in [1.807, 2.05) is 41.5 Å². The van der Waals surface area contributed by atoms with Crippen LogP contribution in [0.4, 0.5) is 0 Å². The van der Waals surface area contributed by atoms with Crippen LogP contribution in [0.1, 0.15) is 54.4 Å². The van der Waals surface area contributed by atoms with Crippen molar-refractivity contribution in [3.8, 4) is 0 Å². The van der Waals surface area contributed by atoms with Crippen LogP contribution in [-0.2, 0) is 23.9 Å². The van der Waals surface area contributed by atoms with Gasteiger partial charge in [0, 0.05) is 18.3 Å². The Hall–Kier alpha value is -1.27. The van der Waals surface area contributed by atoms with Crippen molar-refractivity contribution in [3.05, 3.63) is 0 Å². The molecule has 1 atom stereocenters. The van der Waals surface area contributed by atoms with Crippen LogP contribution in [0.5, 0.6) is 0 Å². The minimum absolute atomic E-state index is 0.0990. The van der Waals surface area contributed by atoms with E-state index < -0.39 is 0 Å². The van der Waals surface area contributed by atoms with Crippen molar-refractivity contribution in [2.75, 3.05) is 33.0 Å². The third-order valence-electron chi connectivity index (χ3n) is 4.43. The van der Waals surface area contributed by atoms with Crippen molar-refractivity contribution in [2.45, 2.75) is 54.4 Å². The van der Waals surface area contributed by atoms with E-state index in [0.29, 0.717) is 32.8 Å². The maximum absolute atomic E-state index is 12.3. The Morgan fingerprint density at radius 1 is 1.00 bits per heavy atom. The molecular formula is C19H33NO5. The number of rotatable bonds is 9. The number of imide groups is 1. The number of hydrogen-bond donors (Lipinski definition) is 0. The molecule has 0 saturated carbocycles. The topological polar surface area (TPSA) is 72.9 Å². The fraction of sp³-hybridized carbons (Fsp3) is 0.842. The highest BCUT2D eigenvalue weighted by Gasteiger charge is 2.44. The number of carbonyl (C=O) groups excluding carboxylic acids is 3. The van der Waals surface area contributed by atoms with Crippen LogP contribution in [-0.4, -0.2) is 55.5 Å². The molecule has 0 N–H and O–H groups in total. The SMILES string of the molecule is CC(C)(C)C(=O)CCOCCOCCN1C(=O)CC(C(C)(C)C)C1=O. The van der Waals surface area contributed by atoms with E-state index in [4.69, 9.17) is 9.47 Å². The fourth-order valence-corrected chi connectivity index (χ4v) is 2.61. The molecule has 1 fully saturated rings. The van der Waals surface area contributed by atoms with Gasteiger partial charge in [0.25, 0.3) is 0 Å². The molecule has 6 heteroatoms. The molecule has 0 spiro atoms. The van der Waals surface area contributed by atoms with E-state index in [0.717, 1.165) is 0 Å². The Balaban J connectivity index is 2.15. The lowest BCUT2D eigenvalue weighted by atomic mass is 9.80. The van der Waals surface area contributed by atoms with Gasteiger partial charge in [0.1, 0.15) is 5.78 Å². The minimum Gasteiger partial charge on any atom is -0.379 e. The van der Waals surface area contributed by atoms with Gasteiger partial charge < -0.3 is 9.47 Å². The maximum Gasteiger partial charge on any atom is 0.233 e. The largest absolute Gasteiger partial charge is 0.379 e. The fourth-order valence-electron chi connectivity index (χ4n) is 2.61. The van der Waals surface area contributed by atoms with Gasteiger partial charge in [-0.15, -0.1) is 0 Å². The van der Waals surface area contributed by atoms with E-state index in [1.165, 1.54) is 4.90 Å². The molecule has 2 amide bonds. The van der Waals surface area contributed by atoms with Crippen molar-refractivity contribution in [3.63, 3.8) is 0 Å². The molecule has 6 nitrogen and oxygen atoms in total. The predicted octanol–water partition coefficient (Wildman–Crippen LogP) is 2.45. The predicted molar refractivity (Wildman–Crippen MR) is 95.0 cm³/mol. The second-order valence-corrected chi connectivity index (χ2v) is 8.65. The van der Waals surface area contributed by atoms with Crippen molar-refractivity contribution >= 4 is 17.6 Å². The lowest BCUT2D eigenvalue weighted by Gasteiger charge is -2.24. The third kappa shape index (κ3) is 6.86. The van der Waals surface area contributed by atoms with Crippen LogP contribution in [0.15, 0.2) is 0 Å². The monoisotopic (exact) mass is 355 g/mol. The standard InChI is InChI=1S/C19H33NO5/c1-18(2,3)14-13-16(22)20(17(14)23)8-10-25-12-11-24-9-7-15(21)19(4,5)6/h14H,7-13H2,1-6H3. The number of likely N-dealkylation sites (tertiary alicyclic amines) is 1. The summed E-state index contributed by atoms with van der Waals surface area (Å²) in [6, 6.07) is 0. The van der Waals surface area contributed by atoms with Crippen molar-refractivity contribution in [1.82, 2.24) is 4.90 Å². The van der Waals surface area contributed by atoms with Gasteiger partial charge in [-0.3, -0.25) is 19.3 Å². The number of carbonyl (C=O) groups is 3. The quantitative estimate of drug-likeness (QED) is 0.469. The Morgan fingerprint density at radius 2 is 1.56 bits per heavy atom. The highest BCUT2D eigenvalue weighted by atomic mass is 16.5. The number of amides is 2. The number of Topliss-reactive ketones (excluding diaryl/α,β-unsaturated/α-hetero) is 1. The molecule has 144 valence electrons. The summed E-state index contributed by atoms with van der Waals surface area (Å²) in [6.07, 6.45) is 0.682. The molecular weight excluding hydrogens is 322 g/mol. The molecule has 1 unspecified atom stereocenters. The van der Waals surface area contributed by atoms with Crippen molar-refractivity contribution in [2.24, 2.45) is 16.7 Å². The highest BCUT2D eigenvalue weighted by Crippen LogP contribution is 2.35. The molecule has 0 aromatic heterocycles. The van der Waals surface area contributed by atoms with Crippen molar-refractivity contribution < 1.29 is 23.9 Å². The normalized spacial score (nSPS) is 19.0. The zero-order valence-electron chi connectivity index (χ0n) is 16.5. The van der Waals surface area contributed by atoms with Crippen molar-refractivity contribution in [1.29, 1.82) is 0 Å².